The summed E-state index contributed by atoms with van der Waals surface area (Å²) in [4.78, 5) is 19.1. The Kier molecular flexibility index (Phi) is 5.31. The second-order valence-electron chi connectivity index (χ2n) is 5.20. The van der Waals surface area contributed by atoms with Crippen LogP contribution >= 0.6 is 11.8 Å². The average Bonchev–Trinajstić information content (AvgIpc) is 2.42. The minimum absolute atomic E-state index is 0.0615. The molecule has 4 nitrogen and oxygen atoms in total. The maximum atomic E-state index is 11.9. The molecule has 0 aliphatic heterocycles. The van der Waals surface area contributed by atoms with Gasteiger partial charge in [0.05, 0.1) is 11.3 Å². The van der Waals surface area contributed by atoms with E-state index in [1.807, 2.05) is 18.7 Å². The lowest BCUT2D eigenvalue weighted by atomic mass is 10.0. The molecular weight excluding hydrogens is 258 g/mol. The van der Waals surface area contributed by atoms with E-state index in [1.165, 1.54) is 32.1 Å². The van der Waals surface area contributed by atoms with Crippen molar-refractivity contribution in [2.24, 2.45) is 0 Å². The number of H-pyrrole nitrogens is 1. The summed E-state index contributed by atoms with van der Waals surface area (Å²) >= 11 is 1.90. The van der Waals surface area contributed by atoms with Gasteiger partial charge >= 0.3 is 0 Å². The van der Waals surface area contributed by atoms with Crippen LogP contribution < -0.4 is 11.3 Å². The van der Waals surface area contributed by atoms with E-state index in [9.17, 15) is 4.79 Å². The molecule has 2 rings (SSSR count). The quantitative estimate of drug-likeness (QED) is 0.870. The topological polar surface area (TPSA) is 71.8 Å². The molecule has 0 bridgehead atoms. The Morgan fingerprint density at radius 2 is 2.11 bits per heavy atom. The van der Waals surface area contributed by atoms with Crippen LogP contribution in [0.5, 0.6) is 0 Å². The van der Waals surface area contributed by atoms with Crippen molar-refractivity contribution < 1.29 is 0 Å². The fourth-order valence-corrected chi connectivity index (χ4v) is 3.75. The molecular formula is C14H23N3OS. The normalized spacial score (nSPS) is 16.7. The molecule has 106 valence electrons. The van der Waals surface area contributed by atoms with Gasteiger partial charge in [0.2, 0.25) is 0 Å². The standard InChI is InChI=1S/C14H23N3OS/c1-2-6-11-13(15)16-12(17-14(11)18)9-19-10-7-4-3-5-8-10/h10H,2-9H2,1H3,(H3,15,16,17,18). The molecule has 1 aromatic rings. The molecule has 1 saturated carbocycles. The first-order valence-corrected chi connectivity index (χ1v) is 8.24. The highest BCUT2D eigenvalue weighted by atomic mass is 32.2. The number of hydrogen-bond acceptors (Lipinski definition) is 4. The van der Waals surface area contributed by atoms with Crippen LogP contribution in [-0.2, 0) is 12.2 Å². The molecule has 0 atom stereocenters. The lowest BCUT2D eigenvalue weighted by Crippen LogP contribution is -2.20. The number of nitrogens with zero attached hydrogens (tertiary/aromatic N) is 1. The first-order chi connectivity index (χ1) is 9.20. The van der Waals surface area contributed by atoms with E-state index in [2.05, 4.69) is 9.97 Å². The molecule has 1 aliphatic rings. The van der Waals surface area contributed by atoms with Crippen LogP contribution in [0, 0.1) is 0 Å². The molecule has 0 radical (unpaired) electrons. The van der Waals surface area contributed by atoms with E-state index < -0.39 is 0 Å². The Morgan fingerprint density at radius 1 is 1.37 bits per heavy atom. The van der Waals surface area contributed by atoms with Gasteiger partial charge in [0.25, 0.3) is 5.56 Å². The summed E-state index contributed by atoms with van der Waals surface area (Å²) < 4.78 is 0. The third-order valence-electron chi connectivity index (χ3n) is 3.60. The van der Waals surface area contributed by atoms with Gasteiger partial charge in [0.1, 0.15) is 11.6 Å². The van der Waals surface area contributed by atoms with Gasteiger partial charge in [-0.25, -0.2) is 4.98 Å². The Labute approximate surface area is 118 Å². The van der Waals surface area contributed by atoms with E-state index in [-0.39, 0.29) is 5.56 Å². The summed E-state index contributed by atoms with van der Waals surface area (Å²) in [6.45, 7) is 2.03. The second-order valence-corrected chi connectivity index (χ2v) is 6.49. The van der Waals surface area contributed by atoms with Crippen LogP contribution in [0.25, 0.3) is 0 Å². The number of anilines is 1. The Bertz CT molecular complexity index is 466. The lowest BCUT2D eigenvalue weighted by molar-refractivity contribution is 0.516. The molecule has 0 spiro atoms. The van der Waals surface area contributed by atoms with E-state index in [0.717, 1.165) is 23.2 Å². The molecule has 1 aliphatic carbocycles. The van der Waals surface area contributed by atoms with Crippen molar-refractivity contribution in [2.75, 3.05) is 5.73 Å². The third-order valence-corrected chi connectivity index (χ3v) is 4.99. The number of thioether (sulfide) groups is 1. The first-order valence-electron chi connectivity index (χ1n) is 7.20. The number of nitrogens with two attached hydrogens (primary N) is 1. The van der Waals surface area contributed by atoms with E-state index in [1.54, 1.807) is 0 Å². The fraction of sp³-hybridized carbons (Fsp3) is 0.714. The number of aromatic amines is 1. The molecule has 0 amide bonds. The zero-order chi connectivity index (χ0) is 13.7. The van der Waals surface area contributed by atoms with Gasteiger partial charge in [-0.15, -0.1) is 0 Å². The Hall–Kier alpha value is -0.970. The molecule has 1 fully saturated rings. The van der Waals surface area contributed by atoms with Crippen molar-refractivity contribution in [3.63, 3.8) is 0 Å². The first kappa shape index (κ1) is 14.4. The largest absolute Gasteiger partial charge is 0.383 e. The summed E-state index contributed by atoms with van der Waals surface area (Å²) in [6.07, 6.45) is 8.22. The molecule has 1 aromatic heterocycles. The Balaban J connectivity index is 1.98. The smallest absolute Gasteiger partial charge is 0.256 e. The number of nitrogens with one attached hydrogen (secondary N) is 1. The molecule has 3 N–H and O–H groups in total. The van der Waals surface area contributed by atoms with Crippen LogP contribution in [0.1, 0.15) is 56.8 Å². The summed E-state index contributed by atoms with van der Waals surface area (Å²) in [7, 11) is 0. The highest BCUT2D eigenvalue weighted by Crippen LogP contribution is 2.29. The van der Waals surface area contributed by atoms with Crippen LogP contribution in [0.15, 0.2) is 4.79 Å². The molecule has 0 aromatic carbocycles. The van der Waals surface area contributed by atoms with Crippen LogP contribution in [-0.4, -0.2) is 15.2 Å². The molecule has 0 saturated heterocycles. The van der Waals surface area contributed by atoms with Gasteiger partial charge in [0.15, 0.2) is 0 Å². The summed E-state index contributed by atoms with van der Waals surface area (Å²) in [5.41, 5.74) is 6.45. The number of aromatic nitrogens is 2. The van der Waals surface area contributed by atoms with E-state index >= 15 is 0 Å². The molecule has 5 heteroatoms. The predicted octanol–water partition coefficient (Wildman–Crippen LogP) is 2.87. The fourth-order valence-electron chi connectivity index (χ4n) is 2.55. The highest BCUT2D eigenvalue weighted by Gasteiger charge is 2.15. The zero-order valence-electron chi connectivity index (χ0n) is 11.6. The minimum Gasteiger partial charge on any atom is -0.383 e. The van der Waals surface area contributed by atoms with Crippen molar-refractivity contribution in [1.82, 2.24) is 9.97 Å². The summed E-state index contributed by atoms with van der Waals surface area (Å²) in [6, 6.07) is 0. The van der Waals surface area contributed by atoms with Gasteiger partial charge in [-0.2, -0.15) is 11.8 Å². The van der Waals surface area contributed by atoms with Crippen molar-refractivity contribution in [3.05, 3.63) is 21.7 Å². The molecule has 19 heavy (non-hydrogen) atoms. The zero-order valence-corrected chi connectivity index (χ0v) is 12.4. The number of hydrogen-bond donors (Lipinski definition) is 2. The van der Waals surface area contributed by atoms with Gasteiger partial charge < -0.3 is 10.7 Å². The third kappa shape index (κ3) is 4.00. The minimum atomic E-state index is -0.0615. The van der Waals surface area contributed by atoms with Crippen molar-refractivity contribution >= 4 is 17.6 Å². The lowest BCUT2D eigenvalue weighted by Gasteiger charge is -2.20. The van der Waals surface area contributed by atoms with Gasteiger partial charge in [-0.3, -0.25) is 4.79 Å². The summed E-state index contributed by atoms with van der Waals surface area (Å²) in [5.74, 6) is 1.89. The molecule has 0 unspecified atom stereocenters. The van der Waals surface area contributed by atoms with E-state index in [4.69, 9.17) is 5.73 Å². The van der Waals surface area contributed by atoms with Crippen molar-refractivity contribution in [1.29, 1.82) is 0 Å². The Morgan fingerprint density at radius 3 is 2.74 bits per heavy atom. The van der Waals surface area contributed by atoms with Gasteiger partial charge in [-0.05, 0) is 19.3 Å². The highest BCUT2D eigenvalue weighted by molar-refractivity contribution is 7.99. The summed E-state index contributed by atoms with van der Waals surface area (Å²) in [5, 5.41) is 0.718. The predicted molar refractivity (Wildman–Crippen MR) is 81.4 cm³/mol. The SMILES string of the molecule is CCCc1c(N)nc(CSC2CCCCC2)[nH]c1=O. The monoisotopic (exact) mass is 281 g/mol. The second kappa shape index (κ2) is 6.98. The van der Waals surface area contributed by atoms with Crippen LogP contribution in [0.4, 0.5) is 5.82 Å². The van der Waals surface area contributed by atoms with Crippen molar-refractivity contribution in [2.45, 2.75) is 62.9 Å². The van der Waals surface area contributed by atoms with Gasteiger partial charge in [0, 0.05) is 5.25 Å². The number of rotatable bonds is 5. The van der Waals surface area contributed by atoms with Crippen LogP contribution in [0.2, 0.25) is 0 Å². The number of nitrogen functional groups attached to an aromatic ring is 1. The maximum absolute atomic E-state index is 11.9. The van der Waals surface area contributed by atoms with Gasteiger partial charge in [-0.1, -0.05) is 32.6 Å². The van der Waals surface area contributed by atoms with E-state index in [0.29, 0.717) is 17.8 Å². The van der Waals surface area contributed by atoms with Crippen molar-refractivity contribution in [3.8, 4) is 0 Å². The van der Waals surface area contributed by atoms with Crippen LogP contribution in [0.3, 0.4) is 0 Å². The molecule has 1 heterocycles. The average molecular weight is 281 g/mol. The maximum Gasteiger partial charge on any atom is 0.256 e.